The van der Waals surface area contributed by atoms with Crippen LogP contribution in [0.4, 0.5) is 11.4 Å². The molecule has 0 unspecified atom stereocenters. The van der Waals surface area contributed by atoms with Gasteiger partial charge in [0.15, 0.2) is 0 Å². The van der Waals surface area contributed by atoms with Crippen molar-refractivity contribution in [1.29, 1.82) is 0 Å². The topological polar surface area (TPSA) is 55.2 Å². The van der Waals surface area contributed by atoms with Gasteiger partial charge in [-0.2, -0.15) is 0 Å². The van der Waals surface area contributed by atoms with Gasteiger partial charge in [0.05, 0.1) is 4.92 Å². The Morgan fingerprint density at radius 3 is 2.57 bits per heavy atom. The molecule has 0 saturated carbocycles. The Balaban J connectivity index is 2.08. The molecular weight excluding hydrogens is 264 g/mol. The molecule has 0 fully saturated rings. The van der Waals surface area contributed by atoms with Gasteiger partial charge in [-0.15, -0.1) is 0 Å². The minimum absolute atomic E-state index is 0.0477. The van der Waals surface area contributed by atoms with E-state index in [1.165, 1.54) is 11.6 Å². The maximum atomic E-state index is 10.9. The van der Waals surface area contributed by atoms with Crippen LogP contribution in [-0.4, -0.2) is 11.0 Å². The zero-order valence-electron chi connectivity index (χ0n) is 12.4. The van der Waals surface area contributed by atoms with Crippen LogP contribution in [0.15, 0.2) is 42.5 Å². The van der Waals surface area contributed by atoms with Crippen LogP contribution in [-0.2, 0) is 5.41 Å². The molecule has 0 bridgehead atoms. The Labute approximate surface area is 124 Å². The van der Waals surface area contributed by atoms with E-state index in [1.807, 2.05) is 12.1 Å². The third-order valence-corrected chi connectivity index (χ3v) is 4.56. The molecule has 0 amide bonds. The summed E-state index contributed by atoms with van der Waals surface area (Å²) in [5.41, 5.74) is 4.48. The second-order valence-corrected chi connectivity index (χ2v) is 6.16. The molecule has 1 aliphatic rings. The summed E-state index contributed by atoms with van der Waals surface area (Å²) < 4.78 is 0. The molecule has 0 spiro atoms. The van der Waals surface area contributed by atoms with E-state index in [4.69, 9.17) is 0 Å². The maximum absolute atomic E-state index is 10.9. The molecule has 21 heavy (non-hydrogen) atoms. The Kier molecular flexibility index (Phi) is 2.97. The Morgan fingerprint density at radius 2 is 1.86 bits per heavy atom. The molecule has 0 saturated heterocycles. The largest absolute Gasteiger partial charge is 0.381 e. The predicted molar refractivity (Wildman–Crippen MR) is 84.6 cm³/mol. The molecule has 108 valence electrons. The summed E-state index contributed by atoms with van der Waals surface area (Å²) in [5, 5.41) is 14.4. The number of fused-ring (bicyclic) bond motifs is 1. The van der Waals surface area contributed by atoms with Crippen molar-refractivity contribution in [3.05, 3.63) is 58.1 Å². The molecule has 3 rings (SSSR count). The SMILES string of the molecule is C[C@H]1Nc2ccc(-c3cccc([N+](=O)[O-])c3)cc2C1(C)C. The normalized spacial score (nSPS) is 18.9. The summed E-state index contributed by atoms with van der Waals surface area (Å²) in [6, 6.07) is 13.4. The standard InChI is InChI=1S/C17H18N2O2/c1-11-17(2,3)15-10-13(7-8-16(15)18-11)12-5-4-6-14(9-12)19(20)21/h4-11,18H,1-3H3/t11-/m1/s1. The smallest absolute Gasteiger partial charge is 0.270 e. The van der Waals surface area contributed by atoms with E-state index in [2.05, 4.69) is 38.2 Å². The van der Waals surface area contributed by atoms with Crippen molar-refractivity contribution in [1.82, 2.24) is 0 Å². The highest BCUT2D eigenvalue weighted by Crippen LogP contribution is 2.42. The summed E-state index contributed by atoms with van der Waals surface area (Å²) in [4.78, 5) is 10.6. The van der Waals surface area contributed by atoms with Crippen LogP contribution in [0.1, 0.15) is 26.3 Å². The lowest BCUT2D eigenvalue weighted by Gasteiger charge is -2.24. The van der Waals surface area contributed by atoms with Gasteiger partial charge in [0.25, 0.3) is 5.69 Å². The van der Waals surface area contributed by atoms with E-state index in [0.29, 0.717) is 6.04 Å². The summed E-state index contributed by atoms with van der Waals surface area (Å²) in [6.45, 7) is 6.61. The monoisotopic (exact) mass is 282 g/mol. The van der Waals surface area contributed by atoms with Gasteiger partial charge in [0.2, 0.25) is 0 Å². The number of benzene rings is 2. The fraction of sp³-hybridized carbons (Fsp3) is 0.294. The minimum atomic E-state index is -0.357. The molecular formula is C17H18N2O2. The van der Waals surface area contributed by atoms with E-state index in [-0.39, 0.29) is 16.0 Å². The second-order valence-electron chi connectivity index (χ2n) is 6.16. The minimum Gasteiger partial charge on any atom is -0.381 e. The van der Waals surface area contributed by atoms with E-state index in [1.54, 1.807) is 12.1 Å². The molecule has 1 heterocycles. The van der Waals surface area contributed by atoms with Crippen molar-refractivity contribution >= 4 is 11.4 Å². The Hall–Kier alpha value is -2.36. The van der Waals surface area contributed by atoms with Gasteiger partial charge in [-0.05, 0) is 35.7 Å². The van der Waals surface area contributed by atoms with Crippen molar-refractivity contribution < 1.29 is 4.92 Å². The van der Waals surface area contributed by atoms with Crippen LogP contribution in [0.3, 0.4) is 0 Å². The number of anilines is 1. The fourth-order valence-electron chi connectivity index (χ4n) is 2.83. The number of nitro benzene ring substituents is 1. The lowest BCUT2D eigenvalue weighted by molar-refractivity contribution is -0.384. The first-order valence-electron chi connectivity index (χ1n) is 7.05. The quantitative estimate of drug-likeness (QED) is 0.658. The van der Waals surface area contributed by atoms with Crippen molar-refractivity contribution in [2.45, 2.75) is 32.2 Å². The van der Waals surface area contributed by atoms with Crippen molar-refractivity contribution in [2.24, 2.45) is 0 Å². The Bertz CT molecular complexity index is 722. The average Bonchev–Trinajstić information content (AvgIpc) is 2.69. The molecule has 1 atom stereocenters. The first-order chi connectivity index (χ1) is 9.89. The van der Waals surface area contributed by atoms with Gasteiger partial charge in [-0.1, -0.05) is 32.0 Å². The number of nitrogens with one attached hydrogen (secondary N) is 1. The van der Waals surface area contributed by atoms with Crippen molar-refractivity contribution in [3.8, 4) is 11.1 Å². The zero-order chi connectivity index (χ0) is 15.2. The average molecular weight is 282 g/mol. The lowest BCUT2D eigenvalue weighted by atomic mass is 9.80. The molecule has 2 aromatic rings. The molecule has 0 radical (unpaired) electrons. The highest BCUT2D eigenvalue weighted by atomic mass is 16.6. The first kappa shape index (κ1) is 13.6. The second kappa shape index (κ2) is 4.58. The summed E-state index contributed by atoms with van der Waals surface area (Å²) >= 11 is 0. The van der Waals surface area contributed by atoms with Gasteiger partial charge < -0.3 is 5.32 Å². The van der Waals surface area contributed by atoms with Crippen LogP contribution in [0.25, 0.3) is 11.1 Å². The highest BCUT2D eigenvalue weighted by molar-refractivity contribution is 5.73. The van der Waals surface area contributed by atoms with Crippen LogP contribution < -0.4 is 5.32 Å². The molecule has 2 aromatic carbocycles. The first-order valence-corrected chi connectivity index (χ1v) is 7.05. The fourth-order valence-corrected chi connectivity index (χ4v) is 2.83. The third kappa shape index (κ3) is 2.17. The van der Waals surface area contributed by atoms with Gasteiger partial charge in [-0.25, -0.2) is 0 Å². The molecule has 4 heteroatoms. The van der Waals surface area contributed by atoms with E-state index in [0.717, 1.165) is 16.8 Å². The van der Waals surface area contributed by atoms with Crippen LogP contribution in [0.2, 0.25) is 0 Å². The van der Waals surface area contributed by atoms with Crippen LogP contribution >= 0.6 is 0 Å². The lowest BCUT2D eigenvalue weighted by Crippen LogP contribution is -2.29. The number of non-ortho nitro benzene ring substituents is 1. The summed E-state index contributed by atoms with van der Waals surface area (Å²) in [6.07, 6.45) is 0. The van der Waals surface area contributed by atoms with Gasteiger partial charge in [0.1, 0.15) is 0 Å². The van der Waals surface area contributed by atoms with Crippen molar-refractivity contribution in [2.75, 3.05) is 5.32 Å². The third-order valence-electron chi connectivity index (χ3n) is 4.56. The molecule has 4 nitrogen and oxygen atoms in total. The van der Waals surface area contributed by atoms with Gasteiger partial charge in [0, 0.05) is 29.3 Å². The van der Waals surface area contributed by atoms with E-state index >= 15 is 0 Å². The van der Waals surface area contributed by atoms with E-state index in [9.17, 15) is 10.1 Å². The maximum Gasteiger partial charge on any atom is 0.270 e. The number of rotatable bonds is 2. The molecule has 0 aromatic heterocycles. The number of nitro groups is 1. The number of hydrogen-bond acceptors (Lipinski definition) is 3. The summed E-state index contributed by atoms with van der Waals surface area (Å²) in [7, 11) is 0. The molecule has 1 N–H and O–H groups in total. The number of hydrogen-bond donors (Lipinski definition) is 1. The summed E-state index contributed by atoms with van der Waals surface area (Å²) in [5.74, 6) is 0. The molecule has 0 aliphatic carbocycles. The number of nitrogens with zero attached hydrogens (tertiary/aromatic N) is 1. The molecule has 1 aliphatic heterocycles. The van der Waals surface area contributed by atoms with Gasteiger partial charge >= 0.3 is 0 Å². The van der Waals surface area contributed by atoms with Crippen LogP contribution in [0, 0.1) is 10.1 Å². The highest BCUT2D eigenvalue weighted by Gasteiger charge is 2.36. The Morgan fingerprint density at radius 1 is 1.14 bits per heavy atom. The van der Waals surface area contributed by atoms with Crippen molar-refractivity contribution in [3.63, 3.8) is 0 Å². The predicted octanol–water partition coefficient (Wildman–Crippen LogP) is 4.35. The zero-order valence-corrected chi connectivity index (χ0v) is 12.4. The van der Waals surface area contributed by atoms with Crippen LogP contribution in [0.5, 0.6) is 0 Å². The van der Waals surface area contributed by atoms with E-state index < -0.39 is 0 Å². The van der Waals surface area contributed by atoms with Gasteiger partial charge in [-0.3, -0.25) is 10.1 Å².